The minimum absolute atomic E-state index is 0.0999. The number of nitrogens with zero attached hydrogens (tertiary/aromatic N) is 7. The Morgan fingerprint density at radius 2 is 1.98 bits per heavy atom. The van der Waals surface area contributed by atoms with Gasteiger partial charge >= 0.3 is 0 Å². The maximum Gasteiger partial charge on any atom is 0.226 e. The standard InChI is InChI=1S/C29H28F2N8OS/c1-37-12-29(13-37)3-5-39(14-29)15-2-4-38(9-15)28-35-7-17-18-10-40-11-19(18)21(23(31)24(17)36-28)25-22-16(6-32)27(33)41-26(22)20(30)8-34-25/h7-8,15H,2-5,9-14,33H2,1H3/t15-/m1/s1. The van der Waals surface area contributed by atoms with Crippen LogP contribution in [0.2, 0.25) is 0 Å². The van der Waals surface area contributed by atoms with Gasteiger partial charge in [0.25, 0.3) is 0 Å². The summed E-state index contributed by atoms with van der Waals surface area (Å²) < 4.78 is 37.3. The van der Waals surface area contributed by atoms with E-state index < -0.39 is 11.6 Å². The summed E-state index contributed by atoms with van der Waals surface area (Å²) in [6.07, 6.45) is 5.01. The van der Waals surface area contributed by atoms with Crippen LogP contribution < -0.4 is 10.6 Å². The first-order valence-electron chi connectivity index (χ1n) is 13.9. The number of pyridine rings is 1. The molecule has 1 spiro atoms. The summed E-state index contributed by atoms with van der Waals surface area (Å²) in [5.41, 5.74) is 8.54. The molecule has 3 aromatic heterocycles. The third-order valence-corrected chi connectivity index (χ3v) is 10.4. The highest BCUT2D eigenvalue weighted by molar-refractivity contribution is 7.23. The zero-order chi connectivity index (χ0) is 28.0. The number of rotatable bonds is 3. The minimum Gasteiger partial charge on any atom is -0.389 e. The predicted molar refractivity (Wildman–Crippen MR) is 152 cm³/mol. The zero-order valence-electron chi connectivity index (χ0n) is 22.6. The number of halogens is 2. The Morgan fingerprint density at radius 1 is 1.15 bits per heavy atom. The van der Waals surface area contributed by atoms with E-state index in [-0.39, 0.29) is 50.6 Å². The Bertz CT molecular complexity index is 1800. The first kappa shape index (κ1) is 25.2. The topological polar surface area (TPSA) is 107 Å². The number of ether oxygens (including phenoxy) is 1. The molecule has 3 saturated heterocycles. The summed E-state index contributed by atoms with van der Waals surface area (Å²) in [5, 5.41) is 10.8. The van der Waals surface area contributed by atoms with E-state index in [9.17, 15) is 9.65 Å². The smallest absolute Gasteiger partial charge is 0.226 e. The van der Waals surface area contributed by atoms with Crippen molar-refractivity contribution in [3.8, 4) is 17.3 Å². The average molecular weight is 575 g/mol. The van der Waals surface area contributed by atoms with E-state index in [0.29, 0.717) is 28.4 Å². The fraction of sp³-hybridized carbons (Fsp3) is 0.448. The summed E-state index contributed by atoms with van der Waals surface area (Å²) in [7, 11) is 2.18. The molecule has 210 valence electrons. The number of fused-ring (bicyclic) bond motifs is 4. The number of benzene rings is 1. The fourth-order valence-corrected chi connectivity index (χ4v) is 8.47. The van der Waals surface area contributed by atoms with Crippen molar-refractivity contribution in [3.05, 3.63) is 40.7 Å². The lowest BCUT2D eigenvalue weighted by molar-refractivity contribution is 0.0274. The highest BCUT2D eigenvalue weighted by Gasteiger charge is 2.48. The molecule has 0 amide bonds. The SMILES string of the molecule is CN1CC2(CCN([C@@H]3CCN(c4ncc5c6c(c(-c7ncc(F)c8sc(N)c(C#N)c78)c(F)c5n4)COC6)C3)C2)C1. The largest absolute Gasteiger partial charge is 0.389 e. The lowest BCUT2D eigenvalue weighted by Gasteiger charge is -2.46. The quantitative estimate of drug-likeness (QED) is 0.390. The number of nitrogens with two attached hydrogens (primary N) is 1. The molecule has 7 heterocycles. The number of hydrogen-bond donors (Lipinski definition) is 1. The third kappa shape index (κ3) is 3.69. The number of likely N-dealkylation sites (tertiary alicyclic amines) is 2. The molecule has 1 aromatic carbocycles. The number of thiophene rings is 1. The molecule has 4 aliphatic heterocycles. The molecule has 3 fully saturated rings. The molecule has 41 heavy (non-hydrogen) atoms. The van der Waals surface area contributed by atoms with E-state index in [1.807, 2.05) is 0 Å². The van der Waals surface area contributed by atoms with Crippen LogP contribution in [0.1, 0.15) is 29.5 Å². The molecule has 4 aromatic rings. The van der Waals surface area contributed by atoms with Crippen molar-refractivity contribution < 1.29 is 13.5 Å². The van der Waals surface area contributed by atoms with Gasteiger partial charge < -0.3 is 20.3 Å². The van der Waals surface area contributed by atoms with Gasteiger partial charge in [0.2, 0.25) is 5.95 Å². The van der Waals surface area contributed by atoms with Gasteiger partial charge in [-0.3, -0.25) is 9.88 Å². The Kier molecular flexibility index (Phi) is 5.54. The van der Waals surface area contributed by atoms with E-state index in [1.165, 1.54) is 19.5 Å². The molecule has 2 N–H and O–H groups in total. The van der Waals surface area contributed by atoms with Crippen LogP contribution in [-0.4, -0.2) is 77.1 Å². The van der Waals surface area contributed by atoms with Gasteiger partial charge in [-0.25, -0.2) is 18.7 Å². The molecule has 0 radical (unpaired) electrons. The van der Waals surface area contributed by atoms with Crippen LogP contribution in [0.15, 0.2) is 12.4 Å². The van der Waals surface area contributed by atoms with Gasteiger partial charge in [0.1, 0.15) is 16.6 Å². The van der Waals surface area contributed by atoms with Crippen molar-refractivity contribution in [1.29, 1.82) is 5.26 Å². The Balaban J connectivity index is 1.19. The first-order chi connectivity index (χ1) is 19.9. The molecule has 1 atom stereocenters. The van der Waals surface area contributed by atoms with Crippen LogP contribution in [0, 0.1) is 28.4 Å². The van der Waals surface area contributed by atoms with Crippen molar-refractivity contribution in [2.75, 3.05) is 56.9 Å². The summed E-state index contributed by atoms with van der Waals surface area (Å²) >= 11 is 0.964. The molecule has 8 rings (SSSR count). The summed E-state index contributed by atoms with van der Waals surface area (Å²) in [6.45, 7) is 6.66. The van der Waals surface area contributed by atoms with Gasteiger partial charge in [0.05, 0.1) is 35.4 Å². The Hall–Kier alpha value is -3.50. The lowest BCUT2D eigenvalue weighted by Crippen LogP contribution is -2.56. The van der Waals surface area contributed by atoms with Gasteiger partial charge in [-0.15, -0.1) is 11.3 Å². The molecule has 0 bridgehead atoms. The van der Waals surface area contributed by atoms with Gasteiger partial charge in [0.15, 0.2) is 11.6 Å². The first-order valence-corrected chi connectivity index (χ1v) is 14.7. The van der Waals surface area contributed by atoms with Crippen LogP contribution in [0.25, 0.3) is 32.2 Å². The summed E-state index contributed by atoms with van der Waals surface area (Å²) in [5.74, 6) is -0.679. The molecule has 0 unspecified atom stereocenters. The maximum absolute atomic E-state index is 16.6. The number of hydrogen-bond acceptors (Lipinski definition) is 10. The van der Waals surface area contributed by atoms with E-state index in [2.05, 4.69) is 37.8 Å². The molecule has 0 aliphatic carbocycles. The van der Waals surface area contributed by atoms with Crippen LogP contribution in [-0.2, 0) is 18.0 Å². The molecular weight excluding hydrogens is 546 g/mol. The molecule has 12 heteroatoms. The maximum atomic E-state index is 16.6. The van der Waals surface area contributed by atoms with Gasteiger partial charge in [-0.05, 0) is 37.6 Å². The van der Waals surface area contributed by atoms with E-state index in [0.717, 1.165) is 55.7 Å². The highest BCUT2D eigenvalue weighted by atomic mass is 32.1. The second kappa shape index (κ2) is 9.00. The van der Waals surface area contributed by atoms with Gasteiger partial charge in [-0.2, -0.15) is 5.26 Å². The third-order valence-electron chi connectivity index (χ3n) is 9.37. The number of nitrogen functional groups attached to an aromatic ring is 1. The van der Waals surface area contributed by atoms with Crippen LogP contribution in [0.3, 0.4) is 0 Å². The van der Waals surface area contributed by atoms with Crippen molar-refractivity contribution in [3.63, 3.8) is 0 Å². The minimum atomic E-state index is -0.600. The van der Waals surface area contributed by atoms with Crippen molar-refractivity contribution in [2.24, 2.45) is 5.41 Å². The summed E-state index contributed by atoms with van der Waals surface area (Å²) in [6, 6.07) is 2.48. The average Bonchev–Trinajstić information content (AvgIpc) is 3.75. The van der Waals surface area contributed by atoms with Crippen molar-refractivity contribution >= 4 is 43.3 Å². The van der Waals surface area contributed by atoms with Gasteiger partial charge in [-0.1, -0.05) is 0 Å². The number of aromatic nitrogens is 3. The highest BCUT2D eigenvalue weighted by Crippen LogP contribution is 2.45. The monoisotopic (exact) mass is 574 g/mol. The van der Waals surface area contributed by atoms with E-state index in [4.69, 9.17) is 15.5 Å². The zero-order valence-corrected chi connectivity index (χ0v) is 23.4. The normalized spacial score (nSPS) is 22.2. The molecule has 4 aliphatic rings. The van der Waals surface area contributed by atoms with Crippen LogP contribution >= 0.6 is 11.3 Å². The van der Waals surface area contributed by atoms with Crippen LogP contribution in [0.5, 0.6) is 0 Å². The van der Waals surface area contributed by atoms with Crippen LogP contribution in [0.4, 0.5) is 19.7 Å². The van der Waals surface area contributed by atoms with E-state index >= 15 is 4.39 Å². The molecule has 9 nitrogen and oxygen atoms in total. The predicted octanol–water partition coefficient (Wildman–Crippen LogP) is 3.88. The number of nitriles is 1. The van der Waals surface area contributed by atoms with Crippen molar-refractivity contribution in [2.45, 2.75) is 32.1 Å². The van der Waals surface area contributed by atoms with Gasteiger partial charge in [0, 0.05) is 66.7 Å². The summed E-state index contributed by atoms with van der Waals surface area (Å²) in [4.78, 5) is 20.9. The Morgan fingerprint density at radius 3 is 2.78 bits per heavy atom. The number of anilines is 2. The second-order valence-electron chi connectivity index (χ2n) is 12.0. The Labute approximate surface area is 239 Å². The second-order valence-corrected chi connectivity index (χ2v) is 13.0. The van der Waals surface area contributed by atoms with Crippen molar-refractivity contribution in [1.82, 2.24) is 24.8 Å². The molecule has 0 saturated carbocycles. The fourth-order valence-electron chi connectivity index (χ4n) is 7.55. The van der Waals surface area contributed by atoms with E-state index in [1.54, 1.807) is 6.20 Å². The molecular formula is C29H28F2N8OS. The lowest BCUT2D eigenvalue weighted by atomic mass is 9.79.